The zero-order valence-corrected chi connectivity index (χ0v) is 16.0. The van der Waals surface area contributed by atoms with Crippen LogP contribution in [0.5, 0.6) is 0 Å². The molecule has 0 bridgehead atoms. The first-order chi connectivity index (χ1) is 13.3. The van der Waals surface area contributed by atoms with Crippen molar-refractivity contribution in [1.82, 2.24) is 4.98 Å². The number of aromatic nitrogens is 1. The standard InChI is InChI=1S/C20H22FN3O4/c1-4-5-14-17(12(3)25)11(2)22-18(14)19(26)23-13-6-7-15(21)16(10-13)24-8-9-28-20(24)27/h6-7,10,22H,4-5,8-9H2,1-3H3,(H,23,26). The van der Waals surface area contributed by atoms with E-state index < -0.39 is 17.8 Å². The number of amides is 2. The minimum atomic E-state index is -0.626. The molecule has 2 amide bonds. The maximum atomic E-state index is 14.2. The molecule has 28 heavy (non-hydrogen) atoms. The van der Waals surface area contributed by atoms with Crippen molar-refractivity contribution in [3.63, 3.8) is 0 Å². The Balaban J connectivity index is 1.91. The first-order valence-corrected chi connectivity index (χ1v) is 9.11. The highest BCUT2D eigenvalue weighted by atomic mass is 19.1. The summed E-state index contributed by atoms with van der Waals surface area (Å²) in [4.78, 5) is 40.7. The third-order valence-corrected chi connectivity index (χ3v) is 4.63. The molecule has 0 radical (unpaired) electrons. The molecule has 1 aromatic heterocycles. The number of rotatable bonds is 6. The lowest BCUT2D eigenvalue weighted by Crippen LogP contribution is -2.24. The second-order valence-corrected chi connectivity index (χ2v) is 6.67. The number of aryl methyl sites for hydroxylation is 1. The molecule has 0 atom stereocenters. The van der Waals surface area contributed by atoms with Crippen LogP contribution in [0.3, 0.4) is 0 Å². The number of cyclic esters (lactones) is 1. The van der Waals surface area contributed by atoms with Crippen LogP contribution in [0.25, 0.3) is 0 Å². The SMILES string of the molecule is CCCc1c(C(=O)Nc2ccc(F)c(N3CCOC3=O)c2)[nH]c(C)c1C(C)=O. The molecule has 2 aromatic rings. The quantitative estimate of drug-likeness (QED) is 0.737. The number of hydrogen-bond acceptors (Lipinski definition) is 4. The molecule has 0 aliphatic carbocycles. The van der Waals surface area contributed by atoms with Gasteiger partial charge in [-0.15, -0.1) is 0 Å². The van der Waals surface area contributed by atoms with Crippen LogP contribution in [-0.2, 0) is 11.2 Å². The molecular formula is C20H22FN3O4. The molecule has 7 nitrogen and oxygen atoms in total. The van der Waals surface area contributed by atoms with Crippen molar-refractivity contribution in [3.8, 4) is 0 Å². The number of nitrogens with zero attached hydrogens (tertiary/aromatic N) is 1. The Bertz CT molecular complexity index is 951. The fourth-order valence-corrected chi connectivity index (χ4v) is 3.45. The van der Waals surface area contributed by atoms with Crippen molar-refractivity contribution in [2.45, 2.75) is 33.6 Å². The number of nitrogens with one attached hydrogen (secondary N) is 2. The highest BCUT2D eigenvalue weighted by Gasteiger charge is 2.27. The van der Waals surface area contributed by atoms with E-state index in [1.807, 2.05) is 6.92 Å². The first-order valence-electron chi connectivity index (χ1n) is 9.11. The third kappa shape index (κ3) is 3.62. The van der Waals surface area contributed by atoms with Crippen molar-refractivity contribution in [1.29, 1.82) is 0 Å². The fraction of sp³-hybridized carbons (Fsp3) is 0.350. The number of benzene rings is 1. The normalized spacial score (nSPS) is 13.6. The predicted octanol–water partition coefficient (Wildman–Crippen LogP) is 3.83. The summed E-state index contributed by atoms with van der Waals surface area (Å²) in [7, 11) is 0. The van der Waals surface area contributed by atoms with Crippen molar-refractivity contribution in [2.75, 3.05) is 23.4 Å². The number of aromatic amines is 1. The summed E-state index contributed by atoms with van der Waals surface area (Å²) in [6.07, 6.45) is 0.727. The Labute approximate surface area is 161 Å². The zero-order chi connectivity index (χ0) is 20.4. The molecule has 1 saturated heterocycles. The maximum absolute atomic E-state index is 14.2. The largest absolute Gasteiger partial charge is 0.447 e. The van der Waals surface area contributed by atoms with Gasteiger partial charge in [-0.2, -0.15) is 0 Å². The topological polar surface area (TPSA) is 91.5 Å². The molecule has 1 aliphatic rings. The lowest BCUT2D eigenvalue weighted by atomic mass is 10.0. The number of hydrogen-bond donors (Lipinski definition) is 2. The van der Waals surface area contributed by atoms with Gasteiger partial charge in [0.15, 0.2) is 5.78 Å². The van der Waals surface area contributed by atoms with Crippen LogP contribution in [0.4, 0.5) is 20.6 Å². The highest BCUT2D eigenvalue weighted by Crippen LogP contribution is 2.27. The van der Waals surface area contributed by atoms with E-state index in [0.29, 0.717) is 34.6 Å². The molecule has 8 heteroatoms. The number of ether oxygens (including phenoxy) is 1. The molecule has 0 spiro atoms. The van der Waals surface area contributed by atoms with Crippen molar-refractivity contribution >= 4 is 29.2 Å². The number of H-pyrrole nitrogens is 1. The van der Waals surface area contributed by atoms with E-state index in [1.165, 1.54) is 30.0 Å². The molecule has 2 N–H and O–H groups in total. The van der Waals surface area contributed by atoms with Crippen LogP contribution in [0.1, 0.15) is 52.4 Å². The summed E-state index contributed by atoms with van der Waals surface area (Å²) in [5.41, 5.74) is 2.54. The lowest BCUT2D eigenvalue weighted by Gasteiger charge is -2.15. The summed E-state index contributed by atoms with van der Waals surface area (Å²) >= 11 is 0. The first kappa shape index (κ1) is 19.6. The van der Waals surface area contributed by atoms with E-state index in [0.717, 1.165) is 6.42 Å². The molecule has 0 unspecified atom stereocenters. The Hall–Kier alpha value is -3.16. The summed E-state index contributed by atoms with van der Waals surface area (Å²) in [5, 5.41) is 2.72. The van der Waals surface area contributed by atoms with Crippen LogP contribution < -0.4 is 10.2 Å². The second kappa shape index (κ2) is 7.84. The number of halogens is 1. The van der Waals surface area contributed by atoms with Gasteiger partial charge in [0.2, 0.25) is 0 Å². The van der Waals surface area contributed by atoms with Crippen LogP contribution in [0, 0.1) is 12.7 Å². The molecule has 0 saturated carbocycles. The zero-order valence-electron chi connectivity index (χ0n) is 16.0. The summed E-state index contributed by atoms with van der Waals surface area (Å²) in [5.74, 6) is -1.12. The van der Waals surface area contributed by atoms with Crippen molar-refractivity contribution in [2.24, 2.45) is 0 Å². The van der Waals surface area contributed by atoms with Gasteiger partial charge in [0.05, 0.1) is 12.2 Å². The van der Waals surface area contributed by atoms with Gasteiger partial charge in [-0.05, 0) is 44.0 Å². The number of anilines is 2. The minimum absolute atomic E-state index is 0.0428. The second-order valence-electron chi connectivity index (χ2n) is 6.67. The van der Waals surface area contributed by atoms with Crippen molar-refractivity contribution in [3.05, 3.63) is 46.5 Å². The van der Waals surface area contributed by atoms with E-state index in [2.05, 4.69) is 10.3 Å². The smallest absolute Gasteiger partial charge is 0.414 e. The lowest BCUT2D eigenvalue weighted by molar-refractivity contribution is 0.101. The minimum Gasteiger partial charge on any atom is -0.447 e. The van der Waals surface area contributed by atoms with Gasteiger partial charge in [0.1, 0.15) is 18.1 Å². The van der Waals surface area contributed by atoms with Crippen LogP contribution in [0.2, 0.25) is 0 Å². The average molecular weight is 387 g/mol. The molecule has 148 valence electrons. The summed E-state index contributed by atoms with van der Waals surface area (Å²) in [6.45, 7) is 5.62. The van der Waals surface area contributed by atoms with Crippen molar-refractivity contribution < 1.29 is 23.5 Å². The summed E-state index contributed by atoms with van der Waals surface area (Å²) < 4.78 is 19.0. The average Bonchev–Trinajstić information content (AvgIpc) is 3.20. The number of carbonyl (C=O) groups is 3. The van der Waals surface area contributed by atoms with Gasteiger partial charge in [0.25, 0.3) is 5.91 Å². The van der Waals surface area contributed by atoms with E-state index >= 15 is 0 Å². The molecule has 3 rings (SSSR count). The van der Waals surface area contributed by atoms with Gasteiger partial charge in [-0.3, -0.25) is 14.5 Å². The Morgan fingerprint density at radius 2 is 2.11 bits per heavy atom. The van der Waals surface area contributed by atoms with Crippen LogP contribution in [-0.4, -0.2) is 35.9 Å². The van der Waals surface area contributed by atoms with E-state index in [9.17, 15) is 18.8 Å². The van der Waals surface area contributed by atoms with Gasteiger partial charge in [-0.25, -0.2) is 9.18 Å². The third-order valence-electron chi connectivity index (χ3n) is 4.63. The van der Waals surface area contributed by atoms with Gasteiger partial charge < -0.3 is 15.0 Å². The van der Waals surface area contributed by atoms with E-state index in [1.54, 1.807) is 6.92 Å². The number of carbonyl (C=O) groups excluding carboxylic acids is 3. The molecule has 2 heterocycles. The molecule has 1 aliphatic heterocycles. The maximum Gasteiger partial charge on any atom is 0.414 e. The van der Waals surface area contributed by atoms with Crippen LogP contribution >= 0.6 is 0 Å². The number of Topliss-reactive ketones (excluding diaryl/α,β-unsaturated/α-hetero) is 1. The van der Waals surface area contributed by atoms with E-state index in [4.69, 9.17) is 4.74 Å². The fourth-order valence-electron chi connectivity index (χ4n) is 3.45. The molecule has 1 fully saturated rings. The van der Waals surface area contributed by atoms with Gasteiger partial charge in [0, 0.05) is 16.9 Å². The van der Waals surface area contributed by atoms with Gasteiger partial charge >= 0.3 is 6.09 Å². The number of ketones is 1. The molecular weight excluding hydrogens is 365 g/mol. The Kier molecular flexibility index (Phi) is 5.48. The Morgan fingerprint density at radius 3 is 2.71 bits per heavy atom. The highest BCUT2D eigenvalue weighted by molar-refractivity contribution is 6.08. The Morgan fingerprint density at radius 1 is 1.36 bits per heavy atom. The van der Waals surface area contributed by atoms with Crippen LogP contribution in [0.15, 0.2) is 18.2 Å². The van der Waals surface area contributed by atoms with Gasteiger partial charge in [-0.1, -0.05) is 13.3 Å². The summed E-state index contributed by atoms with van der Waals surface area (Å²) in [6, 6.07) is 3.99. The molecule has 1 aromatic carbocycles. The predicted molar refractivity (Wildman–Crippen MR) is 103 cm³/mol. The monoisotopic (exact) mass is 387 g/mol. The van der Waals surface area contributed by atoms with E-state index in [-0.39, 0.29) is 24.6 Å².